The van der Waals surface area contributed by atoms with Crippen LogP contribution in [0.3, 0.4) is 0 Å². The van der Waals surface area contributed by atoms with Gasteiger partial charge in [-0.15, -0.1) is 13.2 Å². The molecule has 0 aliphatic heterocycles. The Morgan fingerprint density at radius 2 is 1.70 bits per heavy atom. The van der Waals surface area contributed by atoms with E-state index in [1.165, 1.54) is 12.8 Å². The lowest BCUT2D eigenvalue weighted by atomic mass is 9.80. The predicted molar refractivity (Wildman–Crippen MR) is 81.7 cm³/mol. The Labute approximate surface area is 135 Å². The van der Waals surface area contributed by atoms with Crippen LogP contribution in [-0.2, 0) is 6.42 Å². The van der Waals surface area contributed by atoms with Gasteiger partial charge < -0.3 is 9.47 Å². The van der Waals surface area contributed by atoms with Crippen LogP contribution in [0.2, 0.25) is 0 Å². The van der Waals surface area contributed by atoms with Crippen LogP contribution in [0.15, 0.2) is 12.1 Å². The summed E-state index contributed by atoms with van der Waals surface area (Å²) in [4.78, 5) is 0. The minimum atomic E-state index is -4.70. The summed E-state index contributed by atoms with van der Waals surface area (Å²) in [6.07, 6.45) is 3.03. The van der Waals surface area contributed by atoms with Crippen molar-refractivity contribution in [2.24, 2.45) is 11.8 Å². The number of ether oxygens (including phenoxy) is 2. The minimum absolute atomic E-state index is 0.159. The highest BCUT2D eigenvalue weighted by Crippen LogP contribution is 2.40. The molecule has 0 heterocycles. The zero-order chi connectivity index (χ0) is 16.4. The highest BCUT2D eigenvalue weighted by molar-refractivity contribution is 5.50. The van der Waals surface area contributed by atoms with Gasteiger partial charge in [-0.25, -0.2) is 0 Å². The first-order valence-corrected chi connectivity index (χ1v) is 8.43. The summed E-state index contributed by atoms with van der Waals surface area (Å²) in [6, 6.07) is 3.54. The summed E-state index contributed by atoms with van der Waals surface area (Å²) >= 11 is 0. The van der Waals surface area contributed by atoms with Crippen molar-refractivity contribution in [2.45, 2.75) is 58.2 Å². The fraction of sp³-hybridized carbons (Fsp3) is 0.667. The molecule has 0 amide bonds. The number of halogens is 3. The molecule has 1 aromatic rings. The molecule has 2 nitrogen and oxygen atoms in total. The molecule has 2 aliphatic carbocycles. The molecule has 0 atom stereocenters. The Morgan fingerprint density at radius 3 is 2.22 bits per heavy atom. The van der Waals surface area contributed by atoms with E-state index in [-0.39, 0.29) is 11.5 Å². The maximum absolute atomic E-state index is 12.8. The van der Waals surface area contributed by atoms with Crippen molar-refractivity contribution < 1.29 is 22.6 Å². The molecule has 0 aromatic heterocycles. The average molecular weight is 328 g/mol. The van der Waals surface area contributed by atoms with Crippen molar-refractivity contribution in [3.8, 4) is 11.5 Å². The first-order chi connectivity index (χ1) is 10.9. The molecule has 2 saturated carbocycles. The highest BCUT2D eigenvalue weighted by Gasteiger charge is 2.34. The third-order valence-corrected chi connectivity index (χ3v) is 5.13. The summed E-state index contributed by atoms with van der Waals surface area (Å²) in [5.41, 5.74) is 1.49. The van der Waals surface area contributed by atoms with Crippen LogP contribution >= 0.6 is 0 Å². The van der Waals surface area contributed by atoms with Gasteiger partial charge in [-0.3, -0.25) is 0 Å². The van der Waals surface area contributed by atoms with Crippen molar-refractivity contribution in [2.75, 3.05) is 6.61 Å². The van der Waals surface area contributed by atoms with Gasteiger partial charge in [0, 0.05) is 0 Å². The number of rotatable bonds is 6. The SMILES string of the molecule is Cc1c(CC2CCC2)ccc(OCC2CCC2)c1OC(F)(F)F. The second-order valence-electron chi connectivity index (χ2n) is 6.83. The van der Waals surface area contributed by atoms with Gasteiger partial charge in [0.25, 0.3) is 0 Å². The van der Waals surface area contributed by atoms with Crippen molar-refractivity contribution >= 4 is 0 Å². The van der Waals surface area contributed by atoms with E-state index in [4.69, 9.17) is 4.74 Å². The van der Waals surface area contributed by atoms with E-state index >= 15 is 0 Å². The third-order valence-electron chi connectivity index (χ3n) is 5.13. The maximum Gasteiger partial charge on any atom is 0.573 e. The first kappa shape index (κ1) is 16.5. The van der Waals surface area contributed by atoms with Gasteiger partial charge in [0.2, 0.25) is 0 Å². The van der Waals surface area contributed by atoms with Gasteiger partial charge in [0.05, 0.1) is 6.61 Å². The third kappa shape index (κ3) is 4.12. The Balaban J connectivity index is 1.79. The number of hydrogen-bond donors (Lipinski definition) is 0. The van der Waals surface area contributed by atoms with Crippen molar-refractivity contribution in [3.63, 3.8) is 0 Å². The molecule has 0 saturated heterocycles. The summed E-state index contributed by atoms with van der Waals surface area (Å²) in [6.45, 7) is 2.17. The lowest BCUT2D eigenvalue weighted by Crippen LogP contribution is -2.22. The Morgan fingerprint density at radius 1 is 1.04 bits per heavy atom. The lowest BCUT2D eigenvalue weighted by Gasteiger charge is -2.28. The van der Waals surface area contributed by atoms with Gasteiger partial charge in [-0.05, 0) is 55.2 Å². The first-order valence-electron chi connectivity index (χ1n) is 8.43. The molecular weight excluding hydrogens is 305 g/mol. The molecule has 1 aromatic carbocycles. The highest BCUT2D eigenvalue weighted by atomic mass is 19.4. The van der Waals surface area contributed by atoms with Crippen molar-refractivity contribution in [1.29, 1.82) is 0 Å². The fourth-order valence-corrected chi connectivity index (χ4v) is 3.16. The number of hydrogen-bond acceptors (Lipinski definition) is 2. The Kier molecular flexibility index (Phi) is 4.74. The Bertz CT molecular complexity index is 546. The molecule has 3 rings (SSSR count). The molecule has 2 aliphatic rings. The lowest BCUT2D eigenvalue weighted by molar-refractivity contribution is -0.275. The minimum Gasteiger partial charge on any atom is -0.489 e. The number of benzene rings is 1. The summed E-state index contributed by atoms with van der Waals surface area (Å²) < 4.78 is 48.3. The van der Waals surface area contributed by atoms with Gasteiger partial charge in [-0.1, -0.05) is 31.7 Å². The van der Waals surface area contributed by atoms with Gasteiger partial charge in [-0.2, -0.15) is 0 Å². The summed E-state index contributed by atoms with van der Waals surface area (Å²) in [5.74, 6) is 1.11. The monoisotopic (exact) mass is 328 g/mol. The van der Waals surface area contributed by atoms with Crippen LogP contribution in [0.5, 0.6) is 11.5 Å². The van der Waals surface area contributed by atoms with Crippen LogP contribution in [0.4, 0.5) is 13.2 Å². The fourth-order valence-electron chi connectivity index (χ4n) is 3.16. The van der Waals surface area contributed by atoms with Crippen LogP contribution in [0.1, 0.15) is 49.7 Å². The van der Waals surface area contributed by atoms with E-state index < -0.39 is 6.36 Å². The standard InChI is InChI=1S/C18H23F3O2/c1-12-15(10-13-4-2-5-13)8-9-16(17(12)23-18(19,20)21)22-11-14-6-3-7-14/h8-9,13-14H,2-7,10-11H2,1H3. The van der Waals surface area contributed by atoms with Crippen LogP contribution in [0.25, 0.3) is 0 Å². The van der Waals surface area contributed by atoms with E-state index in [2.05, 4.69) is 4.74 Å². The van der Waals surface area contributed by atoms with E-state index in [0.717, 1.165) is 37.7 Å². The average Bonchev–Trinajstić information content (AvgIpc) is 2.36. The predicted octanol–water partition coefficient (Wildman–Crippen LogP) is 5.42. The van der Waals surface area contributed by atoms with E-state index in [1.807, 2.05) is 6.07 Å². The molecule has 5 heteroatoms. The van der Waals surface area contributed by atoms with Crippen LogP contribution < -0.4 is 9.47 Å². The van der Waals surface area contributed by atoms with Crippen LogP contribution in [0, 0.1) is 18.8 Å². The zero-order valence-corrected chi connectivity index (χ0v) is 13.4. The second kappa shape index (κ2) is 6.62. The zero-order valence-electron chi connectivity index (χ0n) is 13.4. The topological polar surface area (TPSA) is 18.5 Å². The maximum atomic E-state index is 12.8. The quantitative estimate of drug-likeness (QED) is 0.694. The van der Waals surface area contributed by atoms with Crippen molar-refractivity contribution in [1.82, 2.24) is 0 Å². The van der Waals surface area contributed by atoms with E-state index in [1.54, 1.807) is 13.0 Å². The van der Waals surface area contributed by atoms with Gasteiger partial charge in [0.1, 0.15) is 0 Å². The molecular formula is C18H23F3O2. The molecule has 0 spiro atoms. The molecule has 2 fully saturated rings. The van der Waals surface area contributed by atoms with Crippen LogP contribution in [-0.4, -0.2) is 13.0 Å². The molecule has 0 bridgehead atoms. The Hall–Kier alpha value is -1.39. The molecule has 0 unspecified atom stereocenters. The number of alkyl halides is 3. The summed E-state index contributed by atoms with van der Waals surface area (Å²) in [7, 11) is 0. The van der Waals surface area contributed by atoms with Gasteiger partial charge >= 0.3 is 6.36 Å². The smallest absolute Gasteiger partial charge is 0.489 e. The van der Waals surface area contributed by atoms with Crippen molar-refractivity contribution in [3.05, 3.63) is 23.3 Å². The molecule has 0 N–H and O–H groups in total. The molecule has 0 radical (unpaired) electrons. The van der Waals surface area contributed by atoms with E-state index in [9.17, 15) is 13.2 Å². The molecule has 128 valence electrons. The molecule has 23 heavy (non-hydrogen) atoms. The summed E-state index contributed by atoms with van der Waals surface area (Å²) in [5, 5.41) is 0. The van der Waals surface area contributed by atoms with E-state index in [0.29, 0.717) is 24.0 Å². The largest absolute Gasteiger partial charge is 0.573 e. The second-order valence-corrected chi connectivity index (χ2v) is 6.83. The van der Waals surface area contributed by atoms with Gasteiger partial charge in [0.15, 0.2) is 11.5 Å². The normalized spacial score (nSPS) is 19.1.